The van der Waals surface area contributed by atoms with Crippen molar-refractivity contribution < 1.29 is 12.8 Å². The van der Waals surface area contributed by atoms with Gasteiger partial charge < -0.3 is 0 Å². The van der Waals surface area contributed by atoms with Crippen LogP contribution in [0.25, 0.3) is 0 Å². The first-order valence-electron chi connectivity index (χ1n) is 6.70. The molecule has 19 heavy (non-hydrogen) atoms. The van der Waals surface area contributed by atoms with Crippen LogP contribution in [0.3, 0.4) is 0 Å². The van der Waals surface area contributed by atoms with Gasteiger partial charge in [-0.05, 0) is 18.9 Å². The third-order valence-corrected chi connectivity index (χ3v) is 5.67. The van der Waals surface area contributed by atoms with Gasteiger partial charge in [-0.2, -0.15) is 0 Å². The Morgan fingerprint density at radius 1 is 1.21 bits per heavy atom. The summed E-state index contributed by atoms with van der Waals surface area (Å²) < 4.78 is 39.6. The largest absolute Gasteiger partial charge is 0.218 e. The van der Waals surface area contributed by atoms with Crippen molar-refractivity contribution in [3.8, 4) is 0 Å². The van der Waals surface area contributed by atoms with Gasteiger partial charge >= 0.3 is 0 Å². The fraction of sp³-hybridized carbons (Fsp3) is 0.571. The Labute approximate surface area is 114 Å². The molecule has 0 unspecified atom stereocenters. The molecule has 1 aliphatic rings. The van der Waals surface area contributed by atoms with Gasteiger partial charge in [-0.25, -0.2) is 17.1 Å². The second-order valence-corrected chi connectivity index (χ2v) is 7.18. The Balaban J connectivity index is 2.11. The first-order valence-corrected chi connectivity index (χ1v) is 8.31. The van der Waals surface area contributed by atoms with Crippen LogP contribution in [-0.4, -0.2) is 25.8 Å². The predicted octanol–water partition coefficient (Wildman–Crippen LogP) is 2.92. The third-order valence-electron chi connectivity index (χ3n) is 3.82. The average Bonchev–Trinajstić information content (AvgIpc) is 2.41. The van der Waals surface area contributed by atoms with Crippen molar-refractivity contribution in [3.63, 3.8) is 0 Å². The molecule has 0 aliphatic heterocycles. The lowest BCUT2D eigenvalue weighted by Crippen LogP contribution is -2.39. The molecule has 2 rings (SSSR count). The minimum Gasteiger partial charge on any atom is -0.212 e. The molecule has 0 saturated heterocycles. The highest BCUT2D eigenvalue weighted by Crippen LogP contribution is 2.25. The number of benzene rings is 1. The minimum atomic E-state index is -3.44. The van der Waals surface area contributed by atoms with E-state index in [1.165, 1.54) is 22.9 Å². The summed E-state index contributed by atoms with van der Waals surface area (Å²) in [7, 11) is -1.82. The van der Waals surface area contributed by atoms with Crippen LogP contribution in [0.5, 0.6) is 0 Å². The van der Waals surface area contributed by atoms with E-state index in [0.29, 0.717) is 0 Å². The van der Waals surface area contributed by atoms with Crippen LogP contribution >= 0.6 is 0 Å². The Morgan fingerprint density at radius 3 is 2.47 bits per heavy atom. The number of rotatable bonds is 4. The smallest absolute Gasteiger partial charge is 0.212 e. The summed E-state index contributed by atoms with van der Waals surface area (Å²) >= 11 is 0. The van der Waals surface area contributed by atoms with E-state index in [2.05, 4.69) is 0 Å². The van der Waals surface area contributed by atoms with E-state index >= 15 is 0 Å². The summed E-state index contributed by atoms with van der Waals surface area (Å²) in [5.74, 6) is -0.713. The summed E-state index contributed by atoms with van der Waals surface area (Å²) in [5.41, 5.74) is 0.241. The quantitative estimate of drug-likeness (QED) is 0.853. The molecule has 0 amide bonds. The fourth-order valence-corrected chi connectivity index (χ4v) is 4.08. The molecule has 1 fully saturated rings. The zero-order valence-corrected chi connectivity index (χ0v) is 12.0. The van der Waals surface area contributed by atoms with E-state index < -0.39 is 15.8 Å². The van der Waals surface area contributed by atoms with Crippen LogP contribution in [0.15, 0.2) is 24.3 Å². The normalized spacial score (nSPS) is 17.8. The van der Waals surface area contributed by atoms with Crippen molar-refractivity contribution in [3.05, 3.63) is 35.6 Å². The first-order chi connectivity index (χ1) is 9.00. The zero-order chi connectivity index (χ0) is 13.9. The third kappa shape index (κ3) is 3.54. The van der Waals surface area contributed by atoms with Crippen molar-refractivity contribution >= 4 is 10.0 Å². The number of hydrogen-bond donors (Lipinski definition) is 0. The van der Waals surface area contributed by atoms with Gasteiger partial charge in [-0.1, -0.05) is 37.5 Å². The van der Waals surface area contributed by atoms with Crippen LogP contribution in [0.4, 0.5) is 4.39 Å². The highest BCUT2D eigenvalue weighted by Gasteiger charge is 2.28. The van der Waals surface area contributed by atoms with Crippen LogP contribution in [0, 0.1) is 5.82 Å². The molecule has 0 aromatic heterocycles. The lowest BCUT2D eigenvalue weighted by molar-refractivity contribution is 0.285. The molecule has 0 bridgehead atoms. The Bertz CT molecular complexity index is 524. The predicted molar refractivity (Wildman–Crippen MR) is 73.7 cm³/mol. The van der Waals surface area contributed by atoms with Gasteiger partial charge in [0.15, 0.2) is 0 Å². The minimum absolute atomic E-state index is 0.0746. The molecule has 0 spiro atoms. The fourth-order valence-electron chi connectivity index (χ4n) is 2.59. The molecule has 1 aromatic rings. The van der Waals surface area contributed by atoms with E-state index in [0.717, 1.165) is 25.7 Å². The summed E-state index contributed by atoms with van der Waals surface area (Å²) in [6, 6.07) is 6.13. The molecule has 0 atom stereocenters. The molecular formula is C14H20FNO2S. The standard InChI is InChI=1S/C14H20FNO2S/c1-16(13-8-3-2-4-9-13)19(17,18)11-12-7-5-6-10-14(12)15/h5-7,10,13H,2-4,8-9,11H2,1H3. The highest BCUT2D eigenvalue weighted by atomic mass is 32.2. The van der Waals surface area contributed by atoms with Crippen molar-refractivity contribution in [2.45, 2.75) is 43.9 Å². The summed E-state index contributed by atoms with van der Waals surface area (Å²) in [4.78, 5) is 0. The lowest BCUT2D eigenvalue weighted by atomic mass is 9.96. The number of hydrogen-bond acceptors (Lipinski definition) is 2. The molecule has 3 nitrogen and oxygen atoms in total. The molecule has 106 valence electrons. The average molecular weight is 285 g/mol. The number of nitrogens with zero attached hydrogens (tertiary/aromatic N) is 1. The molecular weight excluding hydrogens is 265 g/mol. The lowest BCUT2D eigenvalue weighted by Gasteiger charge is -2.30. The maximum absolute atomic E-state index is 13.5. The molecule has 0 heterocycles. The molecule has 0 radical (unpaired) electrons. The topological polar surface area (TPSA) is 37.4 Å². The second kappa shape index (κ2) is 6.01. The van der Waals surface area contributed by atoms with Gasteiger partial charge in [-0.3, -0.25) is 0 Å². The van der Waals surface area contributed by atoms with Crippen molar-refractivity contribution in [1.82, 2.24) is 4.31 Å². The van der Waals surface area contributed by atoms with Crippen LogP contribution < -0.4 is 0 Å². The Morgan fingerprint density at radius 2 is 1.84 bits per heavy atom. The van der Waals surface area contributed by atoms with Crippen LogP contribution in [-0.2, 0) is 15.8 Å². The molecule has 1 saturated carbocycles. The van der Waals surface area contributed by atoms with E-state index in [1.807, 2.05) is 0 Å². The number of halogens is 1. The Hall–Kier alpha value is -0.940. The van der Waals surface area contributed by atoms with E-state index in [-0.39, 0.29) is 17.4 Å². The van der Waals surface area contributed by atoms with Gasteiger partial charge in [0.25, 0.3) is 0 Å². The molecule has 1 aliphatic carbocycles. The van der Waals surface area contributed by atoms with E-state index in [1.54, 1.807) is 19.2 Å². The van der Waals surface area contributed by atoms with Crippen LogP contribution in [0.1, 0.15) is 37.7 Å². The van der Waals surface area contributed by atoms with Crippen molar-refractivity contribution in [2.24, 2.45) is 0 Å². The van der Waals surface area contributed by atoms with Crippen LogP contribution in [0.2, 0.25) is 0 Å². The zero-order valence-electron chi connectivity index (χ0n) is 11.2. The van der Waals surface area contributed by atoms with Gasteiger partial charge in [0, 0.05) is 18.7 Å². The highest BCUT2D eigenvalue weighted by molar-refractivity contribution is 7.88. The first kappa shape index (κ1) is 14.5. The maximum Gasteiger partial charge on any atom is 0.218 e. The van der Waals surface area contributed by atoms with E-state index in [9.17, 15) is 12.8 Å². The van der Waals surface area contributed by atoms with E-state index in [4.69, 9.17) is 0 Å². The van der Waals surface area contributed by atoms with Gasteiger partial charge in [0.05, 0.1) is 5.75 Å². The Kier molecular flexibility index (Phi) is 4.58. The molecule has 5 heteroatoms. The summed E-state index contributed by atoms with van der Waals surface area (Å²) in [6.45, 7) is 0. The van der Waals surface area contributed by atoms with Gasteiger partial charge in [0.2, 0.25) is 10.0 Å². The molecule has 0 N–H and O–H groups in total. The number of sulfonamides is 1. The van der Waals surface area contributed by atoms with Crippen molar-refractivity contribution in [2.75, 3.05) is 7.05 Å². The monoisotopic (exact) mass is 285 g/mol. The summed E-state index contributed by atoms with van der Waals surface area (Å²) in [5, 5.41) is 0. The van der Waals surface area contributed by atoms with Gasteiger partial charge in [-0.15, -0.1) is 0 Å². The molecule has 1 aromatic carbocycles. The van der Waals surface area contributed by atoms with Crippen molar-refractivity contribution in [1.29, 1.82) is 0 Å². The SMILES string of the molecule is CN(C1CCCCC1)S(=O)(=O)Cc1ccccc1F. The maximum atomic E-state index is 13.5. The van der Waals surface area contributed by atoms with Gasteiger partial charge in [0.1, 0.15) is 5.82 Å². The summed E-state index contributed by atoms with van der Waals surface area (Å²) in [6.07, 6.45) is 5.14. The second-order valence-electron chi connectivity index (χ2n) is 5.16.